The van der Waals surface area contributed by atoms with Gasteiger partial charge in [-0.05, 0) is 18.6 Å². The molecule has 1 aromatic rings. The average molecular weight is 337 g/mol. The van der Waals surface area contributed by atoms with Crippen molar-refractivity contribution in [1.29, 1.82) is 0 Å². The summed E-state index contributed by atoms with van der Waals surface area (Å²) in [6, 6.07) is 1.38. The molecule has 0 amide bonds. The van der Waals surface area contributed by atoms with Crippen LogP contribution in [0, 0.1) is 11.6 Å². The highest BCUT2D eigenvalue weighted by molar-refractivity contribution is 8.01. The Kier molecular flexibility index (Phi) is 4.54. The number of carbonyl (C=O) groups is 1. The number of carboxylic acid groups (broad SMARTS) is 1. The Bertz CT molecular complexity index is 645. The van der Waals surface area contributed by atoms with Crippen LogP contribution in [0.4, 0.5) is 8.78 Å². The van der Waals surface area contributed by atoms with E-state index < -0.39 is 43.9 Å². The van der Waals surface area contributed by atoms with E-state index in [9.17, 15) is 22.0 Å². The van der Waals surface area contributed by atoms with Crippen molar-refractivity contribution in [3.8, 4) is 0 Å². The van der Waals surface area contributed by atoms with Gasteiger partial charge in [-0.15, -0.1) is 11.8 Å². The number of hydrogen-bond acceptors (Lipinski definition) is 4. The predicted octanol–water partition coefficient (Wildman–Crippen LogP) is 1.89. The first-order chi connectivity index (χ1) is 9.80. The molecule has 1 heterocycles. The topological polar surface area (TPSA) is 74.7 Å². The summed E-state index contributed by atoms with van der Waals surface area (Å²) in [6.45, 7) is 1.68. The minimum Gasteiger partial charge on any atom is -0.480 e. The van der Waals surface area contributed by atoms with Gasteiger partial charge >= 0.3 is 5.97 Å². The maximum Gasteiger partial charge on any atom is 0.322 e. The van der Waals surface area contributed by atoms with Gasteiger partial charge in [-0.1, -0.05) is 13.0 Å². The van der Waals surface area contributed by atoms with Crippen molar-refractivity contribution < 1.29 is 27.1 Å². The van der Waals surface area contributed by atoms with E-state index in [2.05, 4.69) is 0 Å². The van der Waals surface area contributed by atoms with Crippen LogP contribution in [0.15, 0.2) is 23.1 Å². The zero-order chi connectivity index (χ0) is 15.8. The van der Waals surface area contributed by atoms with Gasteiger partial charge in [0.1, 0.15) is 17.7 Å². The largest absolute Gasteiger partial charge is 0.480 e. The molecule has 2 unspecified atom stereocenters. The van der Waals surface area contributed by atoms with Crippen LogP contribution in [-0.2, 0) is 14.8 Å². The minimum atomic E-state index is -4.57. The fourth-order valence-corrected chi connectivity index (χ4v) is 5.84. The van der Waals surface area contributed by atoms with E-state index in [4.69, 9.17) is 5.11 Å². The Labute approximate surface area is 125 Å². The number of carboxylic acids is 1. The van der Waals surface area contributed by atoms with E-state index >= 15 is 0 Å². The molecule has 0 bridgehead atoms. The second-order valence-corrected chi connectivity index (χ2v) is 7.43. The highest BCUT2D eigenvalue weighted by Gasteiger charge is 2.47. The molecule has 0 radical (unpaired) electrons. The van der Waals surface area contributed by atoms with Crippen molar-refractivity contribution >= 4 is 27.8 Å². The molecule has 1 fully saturated rings. The van der Waals surface area contributed by atoms with Crippen LogP contribution >= 0.6 is 11.8 Å². The smallest absolute Gasteiger partial charge is 0.322 e. The zero-order valence-electron chi connectivity index (χ0n) is 11.0. The lowest BCUT2D eigenvalue weighted by Crippen LogP contribution is -2.45. The minimum absolute atomic E-state index is 0.0448. The van der Waals surface area contributed by atoms with Crippen LogP contribution in [0.1, 0.15) is 13.3 Å². The molecule has 1 N–H and O–H groups in total. The fraction of sp³-hybridized carbons (Fsp3) is 0.417. The molecule has 0 spiro atoms. The number of benzene rings is 1. The summed E-state index contributed by atoms with van der Waals surface area (Å²) >= 11 is 1.14. The molecule has 116 valence electrons. The van der Waals surface area contributed by atoms with Crippen LogP contribution in [0.2, 0.25) is 0 Å². The molecule has 0 aliphatic carbocycles. The van der Waals surface area contributed by atoms with Gasteiger partial charge in [0.15, 0.2) is 4.90 Å². The lowest BCUT2D eigenvalue weighted by Gasteiger charge is -2.26. The van der Waals surface area contributed by atoms with Gasteiger partial charge in [0.2, 0.25) is 0 Å². The highest BCUT2D eigenvalue weighted by atomic mass is 32.2. The van der Waals surface area contributed by atoms with E-state index in [1.165, 1.54) is 0 Å². The molecular weight excluding hydrogens is 324 g/mol. The first kappa shape index (κ1) is 16.2. The number of aliphatic carboxylic acids is 1. The SMILES string of the molecule is CCC1SCC(C(=O)O)N1S(=O)(=O)c1c(F)cccc1F. The maximum atomic E-state index is 13.8. The van der Waals surface area contributed by atoms with Crippen molar-refractivity contribution in [3.05, 3.63) is 29.8 Å². The van der Waals surface area contributed by atoms with E-state index in [0.29, 0.717) is 10.7 Å². The van der Waals surface area contributed by atoms with Crippen LogP contribution in [0.3, 0.4) is 0 Å². The molecule has 9 heteroatoms. The van der Waals surface area contributed by atoms with Crippen molar-refractivity contribution in [2.24, 2.45) is 0 Å². The molecule has 1 saturated heterocycles. The molecule has 0 saturated carbocycles. The number of rotatable bonds is 4. The average Bonchev–Trinajstić information content (AvgIpc) is 2.82. The maximum absolute atomic E-state index is 13.8. The summed E-state index contributed by atoms with van der Waals surface area (Å²) in [6.07, 6.45) is 0.337. The number of sulfonamides is 1. The van der Waals surface area contributed by atoms with Crippen molar-refractivity contribution in [3.63, 3.8) is 0 Å². The normalized spacial score (nSPS) is 23.4. The number of thioether (sulfide) groups is 1. The first-order valence-electron chi connectivity index (χ1n) is 6.12. The predicted molar refractivity (Wildman–Crippen MR) is 73.3 cm³/mol. The summed E-state index contributed by atoms with van der Waals surface area (Å²) in [5, 5.41) is 8.48. The third-order valence-electron chi connectivity index (χ3n) is 3.13. The Morgan fingerprint density at radius 3 is 2.48 bits per heavy atom. The van der Waals surface area contributed by atoms with E-state index in [0.717, 1.165) is 30.0 Å². The van der Waals surface area contributed by atoms with Gasteiger partial charge in [-0.25, -0.2) is 17.2 Å². The third-order valence-corrected chi connectivity index (χ3v) is 6.68. The Balaban J connectivity index is 2.58. The number of hydrogen-bond donors (Lipinski definition) is 1. The van der Waals surface area contributed by atoms with Gasteiger partial charge in [0.05, 0.1) is 5.37 Å². The standard InChI is InChI=1S/C12H13F2NO4S2/c1-2-10-15(9(6-20-10)12(16)17)21(18,19)11-7(13)4-3-5-8(11)14/h3-5,9-10H,2,6H2,1H3,(H,16,17). The summed E-state index contributed by atoms with van der Waals surface area (Å²) in [7, 11) is -4.57. The highest BCUT2D eigenvalue weighted by Crippen LogP contribution is 2.37. The molecule has 1 aliphatic heterocycles. The van der Waals surface area contributed by atoms with Gasteiger partial charge in [0, 0.05) is 5.75 Å². The van der Waals surface area contributed by atoms with Gasteiger partial charge in [-0.2, -0.15) is 4.31 Å². The molecule has 2 atom stereocenters. The molecular formula is C12H13F2NO4S2. The monoisotopic (exact) mass is 337 g/mol. The van der Waals surface area contributed by atoms with E-state index in [1.807, 2.05) is 0 Å². The summed E-state index contributed by atoms with van der Waals surface area (Å²) in [5.41, 5.74) is 0. The molecule has 5 nitrogen and oxygen atoms in total. The summed E-state index contributed by atoms with van der Waals surface area (Å²) < 4.78 is 53.3. The molecule has 1 aromatic carbocycles. The second-order valence-electron chi connectivity index (χ2n) is 4.44. The van der Waals surface area contributed by atoms with E-state index in [-0.39, 0.29) is 5.75 Å². The van der Waals surface area contributed by atoms with Crippen molar-refractivity contribution in [2.75, 3.05) is 5.75 Å². The van der Waals surface area contributed by atoms with E-state index in [1.54, 1.807) is 6.92 Å². The van der Waals surface area contributed by atoms with Crippen LogP contribution in [0.25, 0.3) is 0 Å². The van der Waals surface area contributed by atoms with Crippen molar-refractivity contribution in [2.45, 2.75) is 29.7 Å². The van der Waals surface area contributed by atoms with Gasteiger partial charge in [-0.3, -0.25) is 4.79 Å². The van der Waals surface area contributed by atoms with Crippen LogP contribution < -0.4 is 0 Å². The van der Waals surface area contributed by atoms with Crippen molar-refractivity contribution in [1.82, 2.24) is 4.31 Å². The number of nitrogens with zero attached hydrogens (tertiary/aromatic N) is 1. The Morgan fingerprint density at radius 2 is 2.00 bits per heavy atom. The quantitative estimate of drug-likeness (QED) is 0.908. The lowest BCUT2D eigenvalue weighted by molar-refractivity contribution is -0.140. The van der Waals surface area contributed by atoms with Crippen LogP contribution in [0.5, 0.6) is 0 Å². The molecule has 1 aliphatic rings. The first-order valence-corrected chi connectivity index (χ1v) is 8.61. The third kappa shape index (κ3) is 2.77. The van der Waals surface area contributed by atoms with Gasteiger partial charge in [0.25, 0.3) is 10.0 Å². The molecule has 0 aromatic heterocycles. The van der Waals surface area contributed by atoms with Crippen LogP contribution in [-0.4, -0.2) is 41.0 Å². The number of halogens is 2. The Hall–Kier alpha value is -1.19. The summed E-state index contributed by atoms with van der Waals surface area (Å²) in [5.74, 6) is -3.75. The molecule has 2 rings (SSSR count). The fourth-order valence-electron chi connectivity index (χ4n) is 2.18. The zero-order valence-corrected chi connectivity index (χ0v) is 12.6. The molecule has 21 heavy (non-hydrogen) atoms. The second kappa shape index (κ2) is 5.90. The summed E-state index contributed by atoms with van der Waals surface area (Å²) in [4.78, 5) is 10.1. The Morgan fingerprint density at radius 1 is 1.43 bits per heavy atom. The van der Waals surface area contributed by atoms with Gasteiger partial charge < -0.3 is 5.11 Å². The lowest BCUT2D eigenvalue weighted by atomic mass is 10.3.